The molecule has 4 heteroatoms. The summed E-state index contributed by atoms with van der Waals surface area (Å²) in [6.07, 6.45) is 2.21. The summed E-state index contributed by atoms with van der Waals surface area (Å²) in [7, 11) is 4.11. The second-order valence-corrected chi connectivity index (χ2v) is 5.77. The van der Waals surface area contributed by atoms with E-state index in [1.54, 1.807) is 0 Å². The van der Waals surface area contributed by atoms with Crippen molar-refractivity contribution in [3.8, 4) is 0 Å². The quantitative estimate of drug-likeness (QED) is 0.718. The second kappa shape index (κ2) is 8.45. The van der Waals surface area contributed by atoms with Gasteiger partial charge in [0.15, 0.2) is 0 Å². The van der Waals surface area contributed by atoms with E-state index in [-0.39, 0.29) is 12.4 Å². The Kier molecular flexibility index (Phi) is 7.27. The van der Waals surface area contributed by atoms with E-state index in [0.29, 0.717) is 0 Å². The number of nitrogens with zero attached hydrogens (tertiary/aromatic N) is 1. The van der Waals surface area contributed by atoms with Crippen molar-refractivity contribution in [3.63, 3.8) is 0 Å². The number of benzene rings is 2. The zero-order valence-electron chi connectivity index (χ0n) is 12.0. The predicted molar refractivity (Wildman–Crippen MR) is 95.8 cm³/mol. The smallest absolute Gasteiger partial charge is 0.0406 e. The fourth-order valence-corrected chi connectivity index (χ4v) is 2.19. The average molecular weight is 343 g/mol. The highest BCUT2D eigenvalue weighted by atomic mass is 35.5. The topological polar surface area (TPSA) is 3.24 Å². The number of rotatable bonds is 4. The van der Waals surface area contributed by atoms with Gasteiger partial charge in [-0.15, -0.1) is 12.4 Å². The molecule has 2 aromatic carbocycles. The third-order valence-electron chi connectivity index (χ3n) is 2.97. The Balaban J connectivity index is 0.00000220. The van der Waals surface area contributed by atoms with Crippen molar-refractivity contribution in [2.45, 2.75) is 0 Å². The van der Waals surface area contributed by atoms with Crippen LogP contribution in [0.1, 0.15) is 11.1 Å². The van der Waals surface area contributed by atoms with E-state index in [2.05, 4.69) is 25.1 Å². The van der Waals surface area contributed by atoms with Crippen LogP contribution >= 0.6 is 35.6 Å². The Bertz CT molecular complexity index is 539. The summed E-state index contributed by atoms with van der Waals surface area (Å²) in [6.45, 7) is 0.876. The summed E-state index contributed by atoms with van der Waals surface area (Å²) < 4.78 is 0. The minimum Gasteiger partial charge on any atom is -0.306 e. The molecule has 112 valence electrons. The van der Waals surface area contributed by atoms with Gasteiger partial charge in [-0.1, -0.05) is 53.5 Å². The standard InChI is InChI=1S/C17H17Cl2N.ClH/c1-20(2)12-11-17(13-3-7-15(18)8-4-13)14-5-9-16(19)10-6-14;/h3-11H,12H2,1-2H3;1H. The summed E-state index contributed by atoms with van der Waals surface area (Å²) in [6, 6.07) is 15.8. The van der Waals surface area contributed by atoms with Crippen LogP contribution in [-0.2, 0) is 0 Å². The third kappa shape index (κ3) is 5.37. The Morgan fingerprint density at radius 3 is 1.57 bits per heavy atom. The molecule has 0 unspecified atom stereocenters. The van der Waals surface area contributed by atoms with Crippen molar-refractivity contribution >= 4 is 41.2 Å². The van der Waals surface area contributed by atoms with Crippen molar-refractivity contribution in [1.29, 1.82) is 0 Å². The highest BCUT2D eigenvalue weighted by molar-refractivity contribution is 6.31. The Hall–Kier alpha value is -0.990. The number of halogens is 3. The van der Waals surface area contributed by atoms with Crippen LogP contribution in [0.25, 0.3) is 5.57 Å². The molecule has 0 aliphatic rings. The predicted octanol–water partition coefficient (Wildman–Crippen LogP) is 5.41. The highest BCUT2D eigenvalue weighted by Crippen LogP contribution is 2.26. The molecule has 0 N–H and O–H groups in total. The minimum atomic E-state index is 0. The molecule has 0 saturated carbocycles. The van der Waals surface area contributed by atoms with E-state index in [1.165, 1.54) is 5.57 Å². The Morgan fingerprint density at radius 2 is 1.24 bits per heavy atom. The first-order valence-electron chi connectivity index (χ1n) is 6.43. The largest absolute Gasteiger partial charge is 0.306 e. The van der Waals surface area contributed by atoms with Crippen molar-refractivity contribution in [2.75, 3.05) is 20.6 Å². The highest BCUT2D eigenvalue weighted by Gasteiger charge is 2.05. The van der Waals surface area contributed by atoms with E-state index in [1.807, 2.05) is 48.5 Å². The molecule has 21 heavy (non-hydrogen) atoms. The zero-order valence-corrected chi connectivity index (χ0v) is 14.3. The van der Waals surface area contributed by atoms with Gasteiger partial charge in [0.2, 0.25) is 0 Å². The maximum atomic E-state index is 5.97. The Morgan fingerprint density at radius 1 is 0.857 bits per heavy atom. The summed E-state index contributed by atoms with van der Waals surface area (Å²) in [4.78, 5) is 2.13. The van der Waals surface area contributed by atoms with Crippen LogP contribution < -0.4 is 0 Å². The molecule has 2 rings (SSSR count). The molecule has 0 bridgehead atoms. The fourth-order valence-electron chi connectivity index (χ4n) is 1.94. The first-order valence-corrected chi connectivity index (χ1v) is 7.18. The van der Waals surface area contributed by atoms with Gasteiger partial charge in [0.1, 0.15) is 0 Å². The van der Waals surface area contributed by atoms with E-state index < -0.39 is 0 Å². The van der Waals surface area contributed by atoms with Gasteiger partial charge >= 0.3 is 0 Å². The lowest BCUT2D eigenvalue weighted by Crippen LogP contribution is -2.11. The molecule has 0 aliphatic heterocycles. The van der Waals surface area contributed by atoms with Crippen LogP contribution in [0.2, 0.25) is 10.0 Å². The molecule has 0 atom stereocenters. The summed E-state index contributed by atoms with van der Waals surface area (Å²) >= 11 is 11.9. The van der Waals surface area contributed by atoms with Gasteiger partial charge in [-0.2, -0.15) is 0 Å². The van der Waals surface area contributed by atoms with E-state index >= 15 is 0 Å². The fraction of sp³-hybridized carbons (Fsp3) is 0.176. The first kappa shape index (κ1) is 18.1. The first-order chi connectivity index (χ1) is 9.56. The van der Waals surface area contributed by atoms with Gasteiger partial charge in [0.25, 0.3) is 0 Å². The number of likely N-dealkylation sites (N-methyl/N-ethyl adjacent to an activating group) is 1. The lowest BCUT2D eigenvalue weighted by atomic mass is 9.97. The Labute approximate surface area is 142 Å². The molecule has 1 nitrogen and oxygen atoms in total. The molecule has 0 fully saturated rings. The van der Waals surface area contributed by atoms with Gasteiger partial charge in [0.05, 0.1) is 0 Å². The van der Waals surface area contributed by atoms with Crippen LogP contribution in [0.5, 0.6) is 0 Å². The third-order valence-corrected chi connectivity index (χ3v) is 3.47. The molecule has 0 saturated heterocycles. The van der Waals surface area contributed by atoms with Gasteiger partial charge in [-0.25, -0.2) is 0 Å². The van der Waals surface area contributed by atoms with Gasteiger partial charge in [0, 0.05) is 16.6 Å². The molecule has 2 aromatic rings. The lowest BCUT2D eigenvalue weighted by Gasteiger charge is -2.12. The van der Waals surface area contributed by atoms with Gasteiger partial charge < -0.3 is 4.90 Å². The summed E-state index contributed by atoms with van der Waals surface area (Å²) in [5, 5.41) is 1.49. The van der Waals surface area contributed by atoms with Crippen molar-refractivity contribution in [2.24, 2.45) is 0 Å². The van der Waals surface area contributed by atoms with Crippen LogP contribution in [0.3, 0.4) is 0 Å². The monoisotopic (exact) mass is 341 g/mol. The number of hydrogen-bond donors (Lipinski definition) is 0. The summed E-state index contributed by atoms with van der Waals surface area (Å²) in [5.74, 6) is 0. The molecule has 0 amide bonds. The molecular weight excluding hydrogens is 325 g/mol. The maximum Gasteiger partial charge on any atom is 0.0406 e. The van der Waals surface area contributed by atoms with Crippen molar-refractivity contribution < 1.29 is 0 Å². The van der Waals surface area contributed by atoms with E-state index in [9.17, 15) is 0 Å². The summed E-state index contributed by atoms with van der Waals surface area (Å²) in [5.41, 5.74) is 3.49. The molecule has 0 heterocycles. The van der Waals surface area contributed by atoms with Crippen LogP contribution in [-0.4, -0.2) is 25.5 Å². The molecular formula is C17H18Cl3N. The van der Waals surface area contributed by atoms with Gasteiger partial charge in [-0.3, -0.25) is 0 Å². The molecule has 0 aliphatic carbocycles. The van der Waals surface area contributed by atoms with Gasteiger partial charge in [-0.05, 0) is 55.1 Å². The SMILES string of the molecule is CN(C)CC=C(c1ccc(Cl)cc1)c1ccc(Cl)cc1.Cl. The zero-order chi connectivity index (χ0) is 14.5. The van der Waals surface area contributed by atoms with Crippen LogP contribution in [0, 0.1) is 0 Å². The lowest BCUT2D eigenvalue weighted by molar-refractivity contribution is 0.457. The van der Waals surface area contributed by atoms with E-state index in [0.717, 1.165) is 27.7 Å². The van der Waals surface area contributed by atoms with Crippen LogP contribution in [0.15, 0.2) is 54.6 Å². The van der Waals surface area contributed by atoms with Crippen molar-refractivity contribution in [3.05, 3.63) is 75.8 Å². The average Bonchev–Trinajstić information content (AvgIpc) is 2.42. The second-order valence-electron chi connectivity index (χ2n) is 4.89. The maximum absolute atomic E-state index is 5.97. The van der Waals surface area contributed by atoms with E-state index in [4.69, 9.17) is 23.2 Å². The number of hydrogen-bond acceptors (Lipinski definition) is 1. The van der Waals surface area contributed by atoms with Crippen LogP contribution in [0.4, 0.5) is 0 Å². The normalized spacial score (nSPS) is 10.1. The van der Waals surface area contributed by atoms with Crippen molar-refractivity contribution in [1.82, 2.24) is 4.90 Å². The minimum absolute atomic E-state index is 0. The molecule has 0 spiro atoms. The molecule has 0 radical (unpaired) electrons. The molecule has 0 aromatic heterocycles.